The van der Waals surface area contributed by atoms with E-state index in [0.717, 1.165) is 23.1 Å². The maximum atomic E-state index is 12.6. The zero-order valence-electron chi connectivity index (χ0n) is 14.4. The topological polar surface area (TPSA) is 43.3 Å². The number of hydrogen-bond acceptors (Lipinski definition) is 2. The Morgan fingerprint density at radius 3 is 2.83 bits per heavy atom. The van der Waals surface area contributed by atoms with E-state index in [1.807, 2.05) is 61.8 Å². The number of allylic oxidation sites excluding steroid dienone is 2. The first kappa shape index (κ1) is 17.1. The molecule has 4 heteroatoms. The molecule has 1 atom stereocenters. The van der Waals surface area contributed by atoms with E-state index in [0.29, 0.717) is 18.8 Å². The second-order valence-corrected chi connectivity index (χ2v) is 5.61. The molecule has 0 bridgehead atoms. The van der Waals surface area contributed by atoms with Gasteiger partial charge in [-0.1, -0.05) is 25.1 Å². The zero-order chi connectivity index (χ0) is 16.8. The van der Waals surface area contributed by atoms with Crippen molar-refractivity contribution in [3.05, 3.63) is 42.1 Å². The predicted molar refractivity (Wildman–Crippen MR) is 95.1 cm³/mol. The molecule has 0 saturated carbocycles. The molecule has 1 heterocycles. The fourth-order valence-corrected chi connectivity index (χ4v) is 2.53. The molecule has 0 saturated heterocycles. The molecule has 0 aliphatic heterocycles. The van der Waals surface area contributed by atoms with Crippen molar-refractivity contribution >= 4 is 16.8 Å². The van der Waals surface area contributed by atoms with Crippen LogP contribution in [0.2, 0.25) is 0 Å². The molecular formula is C19H26N2O2. The van der Waals surface area contributed by atoms with Gasteiger partial charge < -0.3 is 14.6 Å². The van der Waals surface area contributed by atoms with Gasteiger partial charge in [0.2, 0.25) is 0 Å². The van der Waals surface area contributed by atoms with Gasteiger partial charge in [-0.05, 0) is 45.4 Å². The van der Waals surface area contributed by atoms with Crippen molar-refractivity contribution in [3.8, 4) is 5.75 Å². The molecular weight excluding hydrogens is 288 g/mol. The van der Waals surface area contributed by atoms with E-state index in [1.165, 1.54) is 0 Å². The lowest BCUT2D eigenvalue weighted by Gasteiger charge is -2.13. The minimum Gasteiger partial charge on any atom is -0.493 e. The summed E-state index contributed by atoms with van der Waals surface area (Å²) in [5, 5.41) is 4.03. The van der Waals surface area contributed by atoms with Gasteiger partial charge in [-0.25, -0.2) is 0 Å². The Bertz CT molecular complexity index is 701. The third-order valence-corrected chi connectivity index (χ3v) is 3.95. The van der Waals surface area contributed by atoms with E-state index in [9.17, 15) is 4.79 Å². The molecule has 1 aromatic carbocycles. The highest BCUT2D eigenvalue weighted by Gasteiger charge is 2.18. The van der Waals surface area contributed by atoms with Crippen LogP contribution in [0.4, 0.5) is 0 Å². The average Bonchev–Trinajstić information content (AvgIpc) is 2.92. The third-order valence-electron chi connectivity index (χ3n) is 3.95. The molecule has 0 fully saturated rings. The molecule has 4 nitrogen and oxygen atoms in total. The number of hydrogen-bond donors (Lipinski definition) is 1. The first-order valence-corrected chi connectivity index (χ1v) is 8.29. The monoisotopic (exact) mass is 314 g/mol. The molecule has 2 aromatic rings. The molecule has 0 aliphatic carbocycles. The van der Waals surface area contributed by atoms with E-state index in [4.69, 9.17) is 4.74 Å². The Balaban J connectivity index is 2.52. The van der Waals surface area contributed by atoms with E-state index in [-0.39, 0.29) is 11.9 Å². The number of nitrogens with one attached hydrogen (secondary N) is 1. The van der Waals surface area contributed by atoms with Gasteiger partial charge in [-0.2, -0.15) is 0 Å². The van der Waals surface area contributed by atoms with Gasteiger partial charge in [0.15, 0.2) is 0 Å². The zero-order valence-corrected chi connectivity index (χ0v) is 14.4. The van der Waals surface area contributed by atoms with Crippen LogP contribution in [-0.4, -0.2) is 23.1 Å². The van der Waals surface area contributed by atoms with E-state index in [2.05, 4.69) is 12.2 Å². The minimum atomic E-state index is -0.0394. The highest BCUT2D eigenvalue weighted by atomic mass is 16.5. The molecule has 1 aromatic heterocycles. The Morgan fingerprint density at radius 2 is 2.17 bits per heavy atom. The number of amides is 1. The summed E-state index contributed by atoms with van der Waals surface area (Å²) in [5.74, 6) is 0.782. The van der Waals surface area contributed by atoms with Crippen LogP contribution < -0.4 is 10.1 Å². The molecule has 0 spiro atoms. The number of aromatic nitrogens is 1. The van der Waals surface area contributed by atoms with Gasteiger partial charge in [0.05, 0.1) is 12.1 Å². The maximum absolute atomic E-state index is 12.6. The lowest BCUT2D eigenvalue weighted by molar-refractivity contribution is 0.0931. The number of rotatable bonds is 7. The smallest absolute Gasteiger partial charge is 0.268 e. The van der Waals surface area contributed by atoms with Crippen molar-refractivity contribution in [3.63, 3.8) is 0 Å². The summed E-state index contributed by atoms with van der Waals surface area (Å²) < 4.78 is 7.75. The van der Waals surface area contributed by atoms with Crippen LogP contribution in [0.3, 0.4) is 0 Å². The highest BCUT2D eigenvalue weighted by molar-refractivity contribution is 6.00. The van der Waals surface area contributed by atoms with Gasteiger partial charge in [-0.15, -0.1) is 0 Å². The summed E-state index contributed by atoms with van der Waals surface area (Å²) in [6, 6.07) is 8.03. The van der Waals surface area contributed by atoms with Crippen LogP contribution in [0.25, 0.3) is 10.9 Å². The summed E-state index contributed by atoms with van der Waals surface area (Å²) >= 11 is 0. The van der Waals surface area contributed by atoms with Gasteiger partial charge in [0.1, 0.15) is 11.4 Å². The molecule has 0 radical (unpaired) electrons. The second kappa shape index (κ2) is 7.86. The SMILES string of the molecule is C/C=C\Cn1c(C(=O)NC(C)CC)cc2c(OCC)cccc21. The first-order chi connectivity index (χ1) is 11.1. The normalized spacial score (nSPS) is 12.7. The van der Waals surface area contributed by atoms with Crippen LogP contribution in [0, 0.1) is 0 Å². The fourth-order valence-electron chi connectivity index (χ4n) is 2.53. The van der Waals surface area contributed by atoms with Gasteiger partial charge in [-0.3, -0.25) is 4.79 Å². The van der Waals surface area contributed by atoms with Crippen molar-refractivity contribution in [2.45, 2.75) is 46.7 Å². The fraction of sp³-hybridized carbons (Fsp3) is 0.421. The number of benzene rings is 1. The lowest BCUT2D eigenvalue weighted by Crippen LogP contribution is -2.33. The quantitative estimate of drug-likeness (QED) is 0.780. The van der Waals surface area contributed by atoms with Crippen molar-refractivity contribution in [2.75, 3.05) is 6.61 Å². The summed E-state index contributed by atoms with van der Waals surface area (Å²) in [4.78, 5) is 12.6. The molecule has 2 rings (SSSR count). The summed E-state index contributed by atoms with van der Waals surface area (Å²) in [7, 11) is 0. The molecule has 0 aliphatic rings. The minimum absolute atomic E-state index is 0.0394. The molecule has 23 heavy (non-hydrogen) atoms. The number of ether oxygens (including phenoxy) is 1. The molecule has 1 unspecified atom stereocenters. The Kier molecular flexibility index (Phi) is 5.85. The number of nitrogens with zero attached hydrogens (tertiary/aromatic N) is 1. The van der Waals surface area contributed by atoms with Crippen molar-refractivity contribution in [2.24, 2.45) is 0 Å². The molecule has 124 valence electrons. The largest absolute Gasteiger partial charge is 0.493 e. The molecule has 1 N–H and O–H groups in total. The summed E-state index contributed by atoms with van der Waals surface area (Å²) in [6.45, 7) is 9.30. The lowest BCUT2D eigenvalue weighted by atomic mass is 10.2. The summed E-state index contributed by atoms with van der Waals surface area (Å²) in [5.41, 5.74) is 1.69. The standard InChI is InChI=1S/C19H26N2O2/c1-5-8-12-21-16-10-9-11-18(23-7-3)15(16)13-17(21)19(22)20-14(4)6-2/h5,8-11,13-14H,6-7,12H2,1-4H3,(H,20,22)/b8-5-. The van der Waals surface area contributed by atoms with Crippen LogP contribution in [0.15, 0.2) is 36.4 Å². The maximum Gasteiger partial charge on any atom is 0.268 e. The Morgan fingerprint density at radius 1 is 1.39 bits per heavy atom. The van der Waals surface area contributed by atoms with Gasteiger partial charge in [0.25, 0.3) is 5.91 Å². The van der Waals surface area contributed by atoms with Crippen LogP contribution in [0.1, 0.15) is 44.6 Å². The van der Waals surface area contributed by atoms with Crippen LogP contribution >= 0.6 is 0 Å². The van der Waals surface area contributed by atoms with Crippen molar-refractivity contribution in [1.29, 1.82) is 0 Å². The predicted octanol–water partition coefficient (Wildman–Crippen LogP) is 4.14. The summed E-state index contributed by atoms with van der Waals surface area (Å²) in [6.07, 6.45) is 4.95. The first-order valence-electron chi connectivity index (χ1n) is 8.29. The Labute approximate surface area is 138 Å². The number of carbonyl (C=O) groups excluding carboxylic acids is 1. The molecule has 1 amide bonds. The van der Waals surface area contributed by atoms with E-state index >= 15 is 0 Å². The van der Waals surface area contributed by atoms with Crippen molar-refractivity contribution in [1.82, 2.24) is 9.88 Å². The average molecular weight is 314 g/mol. The van der Waals surface area contributed by atoms with Crippen LogP contribution in [-0.2, 0) is 6.54 Å². The second-order valence-electron chi connectivity index (χ2n) is 5.61. The third kappa shape index (κ3) is 3.76. The Hall–Kier alpha value is -2.23. The number of carbonyl (C=O) groups is 1. The van der Waals surface area contributed by atoms with Gasteiger partial charge >= 0.3 is 0 Å². The van der Waals surface area contributed by atoms with Crippen LogP contribution in [0.5, 0.6) is 5.75 Å². The number of fused-ring (bicyclic) bond motifs is 1. The van der Waals surface area contributed by atoms with Gasteiger partial charge in [0, 0.05) is 18.0 Å². The highest BCUT2D eigenvalue weighted by Crippen LogP contribution is 2.29. The van der Waals surface area contributed by atoms with E-state index in [1.54, 1.807) is 0 Å². The van der Waals surface area contributed by atoms with E-state index < -0.39 is 0 Å². The van der Waals surface area contributed by atoms with Crippen molar-refractivity contribution < 1.29 is 9.53 Å².